The molecule has 0 saturated heterocycles. The van der Waals surface area contributed by atoms with Gasteiger partial charge in [0.25, 0.3) is 0 Å². The molecule has 0 aromatic rings. The summed E-state index contributed by atoms with van der Waals surface area (Å²) in [5, 5.41) is 15.1. The second-order valence-electron chi connectivity index (χ2n) is 5.81. The van der Waals surface area contributed by atoms with Crippen LogP contribution in [0.15, 0.2) is 0 Å². The van der Waals surface area contributed by atoms with E-state index in [0.717, 1.165) is 44.9 Å². The first-order valence-corrected chi connectivity index (χ1v) is 7.86. The summed E-state index contributed by atoms with van der Waals surface area (Å²) in [4.78, 5) is 12.0. The van der Waals surface area contributed by atoms with Crippen LogP contribution in [0.4, 0.5) is 4.79 Å². The van der Waals surface area contributed by atoms with Crippen LogP contribution in [0.3, 0.4) is 0 Å². The Balaban J connectivity index is 2.26. The van der Waals surface area contributed by atoms with Crippen molar-refractivity contribution in [1.29, 1.82) is 0 Å². The molecule has 0 spiro atoms. The number of rotatable bonds is 8. The van der Waals surface area contributed by atoms with Crippen molar-refractivity contribution in [2.45, 2.75) is 64.0 Å². The number of methoxy groups -OCH3 is 1. The molecule has 5 heteroatoms. The molecule has 1 aliphatic carbocycles. The molecule has 0 aliphatic heterocycles. The maximum Gasteiger partial charge on any atom is 0.315 e. The van der Waals surface area contributed by atoms with Gasteiger partial charge in [0.2, 0.25) is 0 Å². The van der Waals surface area contributed by atoms with Gasteiger partial charge < -0.3 is 20.5 Å². The Labute approximate surface area is 122 Å². The molecule has 3 N–H and O–H groups in total. The predicted molar refractivity (Wildman–Crippen MR) is 79.7 cm³/mol. The van der Waals surface area contributed by atoms with Gasteiger partial charge in [-0.3, -0.25) is 0 Å². The highest BCUT2D eigenvalue weighted by molar-refractivity contribution is 5.74. The van der Waals surface area contributed by atoms with Gasteiger partial charge in [-0.15, -0.1) is 0 Å². The van der Waals surface area contributed by atoms with Crippen molar-refractivity contribution >= 4 is 6.03 Å². The Kier molecular flexibility index (Phi) is 8.62. The normalized spacial score (nSPS) is 24.1. The third kappa shape index (κ3) is 6.57. The van der Waals surface area contributed by atoms with E-state index in [4.69, 9.17) is 9.84 Å². The lowest BCUT2D eigenvalue weighted by atomic mass is 9.87. The molecule has 2 amide bonds. The highest BCUT2D eigenvalue weighted by atomic mass is 16.5. The monoisotopic (exact) mass is 286 g/mol. The number of aliphatic hydroxyl groups is 1. The fourth-order valence-corrected chi connectivity index (χ4v) is 2.75. The number of ether oxygens (including phenoxy) is 1. The molecule has 1 saturated carbocycles. The lowest BCUT2D eigenvalue weighted by molar-refractivity contribution is 0.156. The summed E-state index contributed by atoms with van der Waals surface area (Å²) >= 11 is 0. The second-order valence-corrected chi connectivity index (χ2v) is 5.81. The van der Waals surface area contributed by atoms with Crippen molar-refractivity contribution in [2.24, 2.45) is 5.92 Å². The minimum absolute atomic E-state index is 0.0874. The lowest BCUT2D eigenvalue weighted by Gasteiger charge is -2.28. The Bertz CT molecular complexity index is 266. The highest BCUT2D eigenvalue weighted by Gasteiger charge is 2.22. The van der Waals surface area contributed by atoms with Crippen LogP contribution in [-0.2, 0) is 4.74 Å². The summed E-state index contributed by atoms with van der Waals surface area (Å²) in [5.74, 6) is 0.418. The molecular formula is C15H30N2O3. The molecule has 1 fully saturated rings. The van der Waals surface area contributed by atoms with Crippen LogP contribution >= 0.6 is 0 Å². The number of carbonyl (C=O) groups is 1. The molecule has 0 radical (unpaired) electrons. The number of hydrogen-bond acceptors (Lipinski definition) is 3. The quantitative estimate of drug-likeness (QED) is 0.639. The molecule has 1 atom stereocenters. The van der Waals surface area contributed by atoms with Crippen LogP contribution in [0.5, 0.6) is 0 Å². The first kappa shape index (κ1) is 17.2. The number of carbonyl (C=O) groups excluding carboxylic acids is 1. The Morgan fingerprint density at radius 1 is 1.35 bits per heavy atom. The first-order chi connectivity index (χ1) is 9.69. The molecule has 5 nitrogen and oxygen atoms in total. The summed E-state index contributed by atoms with van der Waals surface area (Å²) in [6.07, 6.45) is 7.09. The van der Waals surface area contributed by atoms with E-state index in [1.54, 1.807) is 7.11 Å². The van der Waals surface area contributed by atoms with Crippen molar-refractivity contribution in [2.75, 3.05) is 20.3 Å². The maximum atomic E-state index is 12.0. The van der Waals surface area contributed by atoms with E-state index in [0.29, 0.717) is 12.5 Å². The number of hydrogen-bond donors (Lipinski definition) is 3. The molecule has 20 heavy (non-hydrogen) atoms. The van der Waals surface area contributed by atoms with Gasteiger partial charge in [0.05, 0.1) is 12.6 Å². The molecule has 118 valence electrons. The van der Waals surface area contributed by atoms with E-state index >= 15 is 0 Å². The van der Waals surface area contributed by atoms with Gasteiger partial charge in [-0.1, -0.05) is 19.8 Å². The zero-order valence-electron chi connectivity index (χ0n) is 12.9. The average Bonchev–Trinajstić information content (AvgIpc) is 2.45. The molecular weight excluding hydrogens is 256 g/mol. The molecule has 1 rings (SSSR count). The summed E-state index contributed by atoms with van der Waals surface area (Å²) in [6, 6.07) is 0.247. The predicted octanol–water partition coefficient (Wildman–Crippen LogP) is 2.04. The molecule has 0 bridgehead atoms. The SMILES string of the molecule is CCCCC(COC)NC(=O)NC1CCC(CO)CC1. The number of nitrogens with one attached hydrogen (secondary N) is 2. The van der Waals surface area contributed by atoms with Crippen LogP contribution in [-0.4, -0.2) is 43.5 Å². The van der Waals surface area contributed by atoms with Crippen molar-refractivity contribution in [3.8, 4) is 0 Å². The van der Waals surface area contributed by atoms with Crippen LogP contribution in [0.1, 0.15) is 51.9 Å². The Morgan fingerprint density at radius 3 is 2.60 bits per heavy atom. The number of urea groups is 1. The van der Waals surface area contributed by atoms with Gasteiger partial charge in [0.15, 0.2) is 0 Å². The van der Waals surface area contributed by atoms with Gasteiger partial charge in [-0.2, -0.15) is 0 Å². The molecule has 0 heterocycles. The van der Waals surface area contributed by atoms with Gasteiger partial charge in [0, 0.05) is 19.8 Å². The van der Waals surface area contributed by atoms with Crippen LogP contribution in [0.25, 0.3) is 0 Å². The maximum absolute atomic E-state index is 12.0. The van der Waals surface area contributed by atoms with E-state index in [2.05, 4.69) is 17.6 Å². The zero-order chi connectivity index (χ0) is 14.8. The van der Waals surface area contributed by atoms with E-state index in [1.807, 2.05) is 0 Å². The van der Waals surface area contributed by atoms with E-state index in [1.165, 1.54) is 0 Å². The van der Waals surface area contributed by atoms with Crippen LogP contribution < -0.4 is 10.6 Å². The summed E-state index contributed by atoms with van der Waals surface area (Å²) < 4.78 is 5.15. The number of amides is 2. The van der Waals surface area contributed by atoms with Gasteiger partial charge >= 0.3 is 6.03 Å². The van der Waals surface area contributed by atoms with Gasteiger partial charge in [-0.05, 0) is 38.0 Å². The van der Waals surface area contributed by atoms with E-state index in [-0.39, 0.29) is 24.7 Å². The smallest absolute Gasteiger partial charge is 0.315 e. The minimum atomic E-state index is -0.0874. The molecule has 1 unspecified atom stereocenters. The van der Waals surface area contributed by atoms with Crippen LogP contribution in [0, 0.1) is 5.92 Å². The second kappa shape index (κ2) is 10.00. The fourth-order valence-electron chi connectivity index (χ4n) is 2.75. The van der Waals surface area contributed by atoms with Gasteiger partial charge in [0.1, 0.15) is 0 Å². The van der Waals surface area contributed by atoms with E-state index in [9.17, 15) is 4.79 Å². The van der Waals surface area contributed by atoms with Gasteiger partial charge in [-0.25, -0.2) is 4.79 Å². The highest BCUT2D eigenvalue weighted by Crippen LogP contribution is 2.23. The summed E-state index contributed by atoms with van der Waals surface area (Å²) in [6.45, 7) is 2.97. The third-order valence-electron chi connectivity index (χ3n) is 4.05. The largest absolute Gasteiger partial charge is 0.396 e. The van der Waals surface area contributed by atoms with Crippen molar-refractivity contribution in [3.63, 3.8) is 0 Å². The molecule has 0 aromatic heterocycles. The first-order valence-electron chi connectivity index (χ1n) is 7.86. The van der Waals surface area contributed by atoms with Crippen molar-refractivity contribution in [3.05, 3.63) is 0 Å². The third-order valence-corrected chi connectivity index (χ3v) is 4.05. The fraction of sp³-hybridized carbons (Fsp3) is 0.933. The Morgan fingerprint density at radius 2 is 2.05 bits per heavy atom. The number of unbranched alkanes of at least 4 members (excludes halogenated alkanes) is 1. The standard InChI is InChI=1S/C15H30N2O3/c1-3-4-5-14(11-20-2)17-15(19)16-13-8-6-12(10-18)7-9-13/h12-14,18H,3-11H2,1-2H3,(H2,16,17,19). The molecule has 0 aromatic carbocycles. The summed E-state index contributed by atoms with van der Waals surface area (Å²) in [7, 11) is 1.66. The topological polar surface area (TPSA) is 70.6 Å². The lowest BCUT2D eigenvalue weighted by Crippen LogP contribution is -2.48. The average molecular weight is 286 g/mol. The zero-order valence-corrected chi connectivity index (χ0v) is 12.9. The number of aliphatic hydroxyl groups excluding tert-OH is 1. The van der Waals surface area contributed by atoms with Crippen LogP contribution in [0.2, 0.25) is 0 Å². The molecule has 1 aliphatic rings. The minimum Gasteiger partial charge on any atom is -0.396 e. The Hall–Kier alpha value is -0.810. The van der Waals surface area contributed by atoms with Crippen molar-refractivity contribution < 1.29 is 14.6 Å². The van der Waals surface area contributed by atoms with E-state index < -0.39 is 0 Å². The van der Waals surface area contributed by atoms with Crippen molar-refractivity contribution in [1.82, 2.24) is 10.6 Å². The summed E-state index contributed by atoms with van der Waals surface area (Å²) in [5.41, 5.74) is 0.